The van der Waals surface area contributed by atoms with Gasteiger partial charge in [-0.2, -0.15) is 0 Å². The standard InChI is InChI=1S/C43H85NO4/c1-3-5-7-9-11-13-15-16-17-18-19-20-21-22-23-24-25-26-27-28-30-31-33-35-37-41(46)40(39-45)44-43(48)42(47)38-36-34-32-29-14-12-10-8-6-4-2/h35,37,40-42,45-47H,3-34,36,38-39H2,1-2H3,(H,44,48)/b37-35+. The first-order chi connectivity index (χ1) is 23.6. The number of unbranched alkanes of at least 4 members (excludes halogenated alkanes) is 31. The number of aliphatic hydroxyl groups is 3. The maximum absolute atomic E-state index is 12.4. The van der Waals surface area contributed by atoms with Crippen LogP contribution in [0.1, 0.15) is 232 Å². The van der Waals surface area contributed by atoms with Crippen LogP contribution >= 0.6 is 0 Å². The second-order valence-corrected chi connectivity index (χ2v) is 14.9. The van der Waals surface area contributed by atoms with Gasteiger partial charge in [-0.1, -0.05) is 225 Å². The summed E-state index contributed by atoms with van der Waals surface area (Å²) in [6.45, 7) is 4.17. The van der Waals surface area contributed by atoms with Gasteiger partial charge in [0.1, 0.15) is 6.10 Å². The van der Waals surface area contributed by atoms with Crippen molar-refractivity contribution in [2.45, 2.75) is 250 Å². The summed E-state index contributed by atoms with van der Waals surface area (Å²) in [7, 11) is 0. The van der Waals surface area contributed by atoms with E-state index in [1.165, 1.54) is 180 Å². The van der Waals surface area contributed by atoms with Gasteiger partial charge in [0, 0.05) is 0 Å². The lowest BCUT2D eigenvalue weighted by molar-refractivity contribution is -0.131. The van der Waals surface area contributed by atoms with Crippen molar-refractivity contribution in [1.82, 2.24) is 5.32 Å². The van der Waals surface area contributed by atoms with E-state index in [9.17, 15) is 20.1 Å². The Kier molecular flexibility index (Phi) is 38.1. The van der Waals surface area contributed by atoms with Crippen molar-refractivity contribution in [3.63, 3.8) is 0 Å². The topological polar surface area (TPSA) is 89.8 Å². The third-order valence-electron chi connectivity index (χ3n) is 10.1. The van der Waals surface area contributed by atoms with Crippen LogP contribution in [0.15, 0.2) is 12.2 Å². The number of carbonyl (C=O) groups is 1. The smallest absolute Gasteiger partial charge is 0.249 e. The first kappa shape index (κ1) is 47.1. The summed E-state index contributed by atoms with van der Waals surface area (Å²) in [5.74, 6) is -0.503. The average molecular weight is 680 g/mol. The Morgan fingerprint density at radius 3 is 1.15 bits per heavy atom. The highest BCUT2D eigenvalue weighted by Crippen LogP contribution is 2.16. The highest BCUT2D eigenvalue weighted by molar-refractivity contribution is 5.80. The Morgan fingerprint density at radius 1 is 0.500 bits per heavy atom. The van der Waals surface area contributed by atoms with Crippen molar-refractivity contribution in [3.05, 3.63) is 12.2 Å². The molecule has 0 bridgehead atoms. The summed E-state index contributed by atoms with van der Waals surface area (Å²) in [5.41, 5.74) is 0. The lowest BCUT2D eigenvalue weighted by atomic mass is 10.0. The van der Waals surface area contributed by atoms with Crippen LogP contribution in [0.3, 0.4) is 0 Å². The summed E-state index contributed by atoms with van der Waals surface area (Å²) < 4.78 is 0. The molecule has 0 rings (SSSR count). The van der Waals surface area contributed by atoms with Crippen molar-refractivity contribution in [3.8, 4) is 0 Å². The fraction of sp³-hybridized carbons (Fsp3) is 0.930. The molecule has 0 aliphatic rings. The van der Waals surface area contributed by atoms with Gasteiger partial charge in [0.05, 0.1) is 18.8 Å². The zero-order valence-corrected chi connectivity index (χ0v) is 32.4. The number of hydrogen-bond acceptors (Lipinski definition) is 4. The van der Waals surface area contributed by atoms with E-state index in [2.05, 4.69) is 19.2 Å². The average Bonchev–Trinajstić information content (AvgIpc) is 3.09. The molecular formula is C43H85NO4. The normalized spacial score (nSPS) is 13.7. The third kappa shape index (κ3) is 33.6. The number of hydrogen-bond donors (Lipinski definition) is 4. The summed E-state index contributed by atoms with van der Waals surface area (Å²) in [6.07, 6.45) is 45.4. The van der Waals surface area contributed by atoms with Crippen molar-refractivity contribution in [2.75, 3.05) is 6.61 Å². The predicted octanol–water partition coefficient (Wildman–Crippen LogP) is 12.0. The number of aliphatic hydroxyl groups excluding tert-OH is 3. The fourth-order valence-electron chi connectivity index (χ4n) is 6.71. The Bertz CT molecular complexity index is 669. The van der Waals surface area contributed by atoms with Gasteiger partial charge in [-0.3, -0.25) is 4.79 Å². The number of allylic oxidation sites excluding steroid dienone is 1. The molecule has 0 heterocycles. The van der Waals surface area contributed by atoms with Crippen molar-refractivity contribution in [1.29, 1.82) is 0 Å². The minimum atomic E-state index is -1.09. The minimum Gasteiger partial charge on any atom is -0.394 e. The number of rotatable bonds is 39. The molecule has 5 nitrogen and oxygen atoms in total. The van der Waals surface area contributed by atoms with Crippen molar-refractivity contribution < 1.29 is 20.1 Å². The van der Waals surface area contributed by atoms with Gasteiger partial charge in [-0.15, -0.1) is 0 Å². The highest BCUT2D eigenvalue weighted by atomic mass is 16.3. The monoisotopic (exact) mass is 680 g/mol. The van der Waals surface area contributed by atoms with Crippen LogP contribution in [0, 0.1) is 0 Å². The zero-order chi connectivity index (χ0) is 35.2. The number of nitrogens with one attached hydrogen (secondary N) is 1. The molecule has 3 unspecified atom stereocenters. The zero-order valence-electron chi connectivity index (χ0n) is 32.4. The molecule has 0 spiro atoms. The van der Waals surface area contributed by atoms with Gasteiger partial charge < -0.3 is 20.6 Å². The number of carbonyl (C=O) groups excluding carboxylic acids is 1. The van der Waals surface area contributed by atoms with E-state index in [1.807, 2.05) is 6.08 Å². The molecule has 3 atom stereocenters. The van der Waals surface area contributed by atoms with Gasteiger partial charge in [-0.25, -0.2) is 0 Å². The fourth-order valence-corrected chi connectivity index (χ4v) is 6.71. The van der Waals surface area contributed by atoms with E-state index in [1.54, 1.807) is 6.08 Å². The molecule has 5 heteroatoms. The molecule has 1 amide bonds. The van der Waals surface area contributed by atoms with Crippen LogP contribution in [0.5, 0.6) is 0 Å². The van der Waals surface area contributed by atoms with E-state index in [0.717, 1.165) is 32.1 Å². The molecule has 0 radical (unpaired) electrons. The van der Waals surface area contributed by atoms with Gasteiger partial charge in [0.15, 0.2) is 0 Å². The quantitative estimate of drug-likeness (QED) is 0.0384. The predicted molar refractivity (Wildman–Crippen MR) is 208 cm³/mol. The maximum Gasteiger partial charge on any atom is 0.249 e. The first-order valence-electron chi connectivity index (χ1n) is 21.5. The van der Waals surface area contributed by atoms with Crippen LogP contribution in [-0.2, 0) is 4.79 Å². The van der Waals surface area contributed by atoms with Crippen LogP contribution in [0.2, 0.25) is 0 Å². The summed E-state index contributed by atoms with van der Waals surface area (Å²) in [6, 6.07) is -0.791. The maximum atomic E-state index is 12.4. The van der Waals surface area contributed by atoms with Crippen LogP contribution < -0.4 is 5.32 Å². The third-order valence-corrected chi connectivity index (χ3v) is 10.1. The van der Waals surface area contributed by atoms with Crippen LogP contribution in [0.4, 0.5) is 0 Å². The molecule has 0 aromatic rings. The molecule has 0 saturated carbocycles. The van der Waals surface area contributed by atoms with Gasteiger partial charge in [0.2, 0.25) is 5.91 Å². The van der Waals surface area contributed by atoms with E-state index in [0.29, 0.717) is 6.42 Å². The molecule has 0 fully saturated rings. The van der Waals surface area contributed by atoms with E-state index in [-0.39, 0.29) is 6.61 Å². The van der Waals surface area contributed by atoms with Gasteiger partial charge >= 0.3 is 0 Å². The minimum absolute atomic E-state index is 0.360. The lowest BCUT2D eigenvalue weighted by Gasteiger charge is -2.21. The molecule has 0 saturated heterocycles. The Labute approximate surface area is 299 Å². The lowest BCUT2D eigenvalue weighted by Crippen LogP contribution is -2.48. The summed E-state index contributed by atoms with van der Waals surface area (Å²) >= 11 is 0. The molecule has 0 aliphatic carbocycles. The molecule has 0 aromatic carbocycles. The molecule has 48 heavy (non-hydrogen) atoms. The summed E-state index contributed by atoms with van der Waals surface area (Å²) in [5, 5.41) is 33.0. The molecule has 4 N–H and O–H groups in total. The van der Waals surface area contributed by atoms with E-state index in [4.69, 9.17) is 0 Å². The summed E-state index contributed by atoms with van der Waals surface area (Å²) in [4.78, 5) is 12.4. The molecule has 286 valence electrons. The molecular weight excluding hydrogens is 594 g/mol. The van der Waals surface area contributed by atoms with Crippen molar-refractivity contribution >= 4 is 5.91 Å². The largest absolute Gasteiger partial charge is 0.394 e. The highest BCUT2D eigenvalue weighted by Gasteiger charge is 2.22. The first-order valence-corrected chi connectivity index (χ1v) is 21.5. The van der Waals surface area contributed by atoms with Gasteiger partial charge in [-0.05, 0) is 19.3 Å². The van der Waals surface area contributed by atoms with Crippen molar-refractivity contribution in [2.24, 2.45) is 0 Å². The molecule has 0 aliphatic heterocycles. The SMILES string of the molecule is CCCCCCCCCCCCCCCCCCCCCCCC/C=C/C(O)C(CO)NC(=O)C(O)CCCCCCCCCCCC. The van der Waals surface area contributed by atoms with Gasteiger partial charge in [0.25, 0.3) is 0 Å². The molecule has 0 aromatic heterocycles. The van der Waals surface area contributed by atoms with E-state index < -0.39 is 24.2 Å². The second kappa shape index (κ2) is 38.9. The number of amides is 1. The second-order valence-electron chi connectivity index (χ2n) is 14.9. The Morgan fingerprint density at radius 2 is 0.812 bits per heavy atom. The van der Waals surface area contributed by atoms with Crippen LogP contribution in [0.25, 0.3) is 0 Å². The Balaban J connectivity index is 3.58. The Hall–Kier alpha value is -0.910. The van der Waals surface area contributed by atoms with E-state index >= 15 is 0 Å². The van der Waals surface area contributed by atoms with Crippen LogP contribution in [-0.4, -0.2) is 46.1 Å².